The van der Waals surface area contributed by atoms with E-state index in [-0.39, 0.29) is 12.1 Å². The molecule has 3 atom stereocenters. The summed E-state index contributed by atoms with van der Waals surface area (Å²) in [4.78, 5) is 1.32. The normalized spacial score (nSPS) is 25.3. The number of benzene rings is 1. The smallest absolute Gasteiger partial charge is 0.0595 e. The van der Waals surface area contributed by atoms with Gasteiger partial charge in [-0.25, -0.2) is 0 Å². The van der Waals surface area contributed by atoms with Gasteiger partial charge in [-0.2, -0.15) is 0 Å². The number of nitrogens with two attached hydrogens (primary N) is 1. The first-order chi connectivity index (χ1) is 10.2. The van der Waals surface area contributed by atoms with Crippen LogP contribution < -0.4 is 11.1 Å². The molecule has 0 saturated heterocycles. The van der Waals surface area contributed by atoms with Crippen LogP contribution >= 0.6 is 11.3 Å². The zero-order valence-corrected chi connectivity index (χ0v) is 12.9. The minimum absolute atomic E-state index is 0.165. The maximum absolute atomic E-state index is 9.89. The average molecular weight is 302 g/mol. The lowest BCUT2D eigenvalue weighted by atomic mass is 10.1. The summed E-state index contributed by atoms with van der Waals surface area (Å²) in [6.07, 6.45) is 1.42. The number of rotatable bonds is 5. The third-order valence-electron chi connectivity index (χ3n) is 4.16. The van der Waals surface area contributed by atoms with Gasteiger partial charge in [0.2, 0.25) is 0 Å². The topological polar surface area (TPSA) is 58.3 Å². The van der Waals surface area contributed by atoms with Crippen molar-refractivity contribution in [3.63, 3.8) is 0 Å². The summed E-state index contributed by atoms with van der Waals surface area (Å²) in [5, 5.41) is 15.5. The standard InChI is InChI=1S/C17H22N2OS/c18-15-6-13(17(20)8-15)9-19-10-16-7-14(11-21-16)12-4-2-1-3-5-12/h1-5,7,11,13,15,17,19-20H,6,8-10,18H2/t13-,15+,17-/m1/s1. The van der Waals surface area contributed by atoms with Crippen molar-refractivity contribution in [1.29, 1.82) is 0 Å². The van der Waals surface area contributed by atoms with Crippen molar-refractivity contribution in [3.05, 3.63) is 46.7 Å². The molecule has 0 radical (unpaired) electrons. The quantitative estimate of drug-likeness (QED) is 0.796. The van der Waals surface area contributed by atoms with Gasteiger partial charge in [0.25, 0.3) is 0 Å². The second-order valence-corrected chi connectivity index (χ2v) is 6.85. The zero-order chi connectivity index (χ0) is 14.7. The third kappa shape index (κ3) is 3.71. The van der Waals surface area contributed by atoms with Gasteiger partial charge >= 0.3 is 0 Å². The van der Waals surface area contributed by atoms with Crippen molar-refractivity contribution >= 4 is 11.3 Å². The highest BCUT2D eigenvalue weighted by Gasteiger charge is 2.30. The minimum Gasteiger partial charge on any atom is -0.393 e. The largest absolute Gasteiger partial charge is 0.393 e. The van der Waals surface area contributed by atoms with Crippen molar-refractivity contribution in [1.82, 2.24) is 5.32 Å². The summed E-state index contributed by atoms with van der Waals surface area (Å²) < 4.78 is 0. The highest BCUT2D eigenvalue weighted by molar-refractivity contribution is 7.10. The average Bonchev–Trinajstić information content (AvgIpc) is 3.07. The number of hydrogen-bond acceptors (Lipinski definition) is 4. The Morgan fingerprint density at radius 2 is 2.00 bits per heavy atom. The van der Waals surface area contributed by atoms with Gasteiger partial charge in [-0.1, -0.05) is 30.3 Å². The summed E-state index contributed by atoms with van der Waals surface area (Å²) in [5.74, 6) is 0.300. The Morgan fingerprint density at radius 3 is 2.71 bits per heavy atom. The molecule has 0 spiro atoms. The molecule has 2 aromatic rings. The monoisotopic (exact) mass is 302 g/mol. The molecule has 1 aromatic heterocycles. The van der Waals surface area contributed by atoms with Crippen LogP contribution in [-0.2, 0) is 6.54 Å². The molecule has 4 heteroatoms. The van der Waals surface area contributed by atoms with Gasteiger partial charge in [-0.05, 0) is 41.3 Å². The first-order valence-corrected chi connectivity index (χ1v) is 8.37. The van der Waals surface area contributed by atoms with Gasteiger partial charge in [-0.3, -0.25) is 0 Å². The fourth-order valence-corrected chi connectivity index (χ4v) is 3.86. The molecular weight excluding hydrogens is 280 g/mol. The Morgan fingerprint density at radius 1 is 1.19 bits per heavy atom. The van der Waals surface area contributed by atoms with Crippen LogP contribution in [0.25, 0.3) is 11.1 Å². The molecule has 3 nitrogen and oxygen atoms in total. The van der Waals surface area contributed by atoms with Crippen LogP contribution in [-0.4, -0.2) is 23.8 Å². The lowest BCUT2D eigenvalue weighted by Gasteiger charge is -2.14. The third-order valence-corrected chi connectivity index (χ3v) is 5.10. The Hall–Kier alpha value is -1.20. The Balaban J connectivity index is 1.51. The van der Waals surface area contributed by atoms with E-state index in [2.05, 4.69) is 41.0 Å². The molecule has 0 amide bonds. The van der Waals surface area contributed by atoms with E-state index in [4.69, 9.17) is 5.73 Å². The van der Waals surface area contributed by atoms with Gasteiger partial charge in [0, 0.05) is 24.0 Å². The molecule has 1 aromatic carbocycles. The number of aliphatic hydroxyl groups excluding tert-OH is 1. The molecule has 0 bridgehead atoms. The molecule has 3 rings (SSSR count). The Bertz CT molecular complexity index is 569. The van der Waals surface area contributed by atoms with Crippen molar-refractivity contribution in [2.75, 3.05) is 6.54 Å². The second-order valence-electron chi connectivity index (χ2n) is 5.86. The van der Waals surface area contributed by atoms with Crippen molar-refractivity contribution < 1.29 is 5.11 Å². The van der Waals surface area contributed by atoms with Gasteiger partial charge < -0.3 is 16.2 Å². The number of nitrogens with one attached hydrogen (secondary N) is 1. The van der Waals surface area contributed by atoms with Gasteiger partial charge in [0.05, 0.1) is 6.10 Å². The molecule has 0 unspecified atom stereocenters. The molecule has 0 aliphatic heterocycles. The lowest BCUT2D eigenvalue weighted by Crippen LogP contribution is -2.27. The highest BCUT2D eigenvalue weighted by Crippen LogP contribution is 2.26. The predicted octanol–water partition coefficient (Wildman–Crippen LogP) is 2.60. The Kier molecular flexibility index (Phi) is 4.70. The van der Waals surface area contributed by atoms with E-state index in [1.807, 2.05) is 6.07 Å². The molecule has 1 aliphatic rings. The molecule has 1 saturated carbocycles. The maximum Gasteiger partial charge on any atom is 0.0595 e. The summed E-state index contributed by atoms with van der Waals surface area (Å²) in [7, 11) is 0. The molecule has 4 N–H and O–H groups in total. The van der Waals surface area contributed by atoms with E-state index in [9.17, 15) is 5.11 Å². The van der Waals surface area contributed by atoms with Crippen LogP contribution in [0.4, 0.5) is 0 Å². The first-order valence-electron chi connectivity index (χ1n) is 7.49. The van der Waals surface area contributed by atoms with Gasteiger partial charge in [-0.15, -0.1) is 11.3 Å². The van der Waals surface area contributed by atoms with E-state index in [0.717, 1.165) is 25.9 Å². The Labute approximate surface area is 129 Å². The van der Waals surface area contributed by atoms with Crippen molar-refractivity contribution in [2.45, 2.75) is 31.5 Å². The molecule has 1 aliphatic carbocycles. The molecule has 1 fully saturated rings. The highest BCUT2D eigenvalue weighted by atomic mass is 32.1. The molecule has 112 valence electrons. The summed E-state index contributed by atoms with van der Waals surface area (Å²) in [6, 6.07) is 12.8. The predicted molar refractivity (Wildman–Crippen MR) is 88.2 cm³/mol. The summed E-state index contributed by atoms with van der Waals surface area (Å²) in [5.41, 5.74) is 8.42. The lowest BCUT2D eigenvalue weighted by molar-refractivity contribution is 0.131. The van der Waals surface area contributed by atoms with Crippen LogP contribution in [0, 0.1) is 5.92 Å². The molecule has 21 heavy (non-hydrogen) atoms. The van der Waals surface area contributed by atoms with E-state index in [0.29, 0.717) is 5.92 Å². The summed E-state index contributed by atoms with van der Waals surface area (Å²) >= 11 is 1.78. The van der Waals surface area contributed by atoms with Crippen LogP contribution in [0.1, 0.15) is 17.7 Å². The van der Waals surface area contributed by atoms with E-state index >= 15 is 0 Å². The van der Waals surface area contributed by atoms with Crippen LogP contribution in [0.2, 0.25) is 0 Å². The fraction of sp³-hybridized carbons (Fsp3) is 0.412. The van der Waals surface area contributed by atoms with Crippen LogP contribution in [0.5, 0.6) is 0 Å². The zero-order valence-electron chi connectivity index (χ0n) is 12.0. The molecular formula is C17H22N2OS. The second kappa shape index (κ2) is 6.71. The van der Waals surface area contributed by atoms with E-state index in [1.165, 1.54) is 16.0 Å². The van der Waals surface area contributed by atoms with Crippen molar-refractivity contribution in [3.8, 4) is 11.1 Å². The number of thiophene rings is 1. The van der Waals surface area contributed by atoms with Crippen LogP contribution in [0.15, 0.2) is 41.8 Å². The van der Waals surface area contributed by atoms with E-state index < -0.39 is 0 Å². The summed E-state index contributed by atoms with van der Waals surface area (Å²) in [6.45, 7) is 1.70. The maximum atomic E-state index is 9.89. The van der Waals surface area contributed by atoms with Gasteiger partial charge in [0.15, 0.2) is 0 Å². The first kappa shape index (κ1) is 14.7. The SMILES string of the molecule is N[C@H]1C[C@H](CNCc2cc(-c3ccccc3)cs2)[C@H](O)C1. The number of aliphatic hydroxyl groups is 1. The minimum atomic E-state index is -0.240. The van der Waals surface area contributed by atoms with E-state index in [1.54, 1.807) is 11.3 Å². The number of hydrogen-bond donors (Lipinski definition) is 3. The molecule has 1 heterocycles. The van der Waals surface area contributed by atoms with Crippen LogP contribution in [0.3, 0.4) is 0 Å². The fourth-order valence-electron chi connectivity index (χ4n) is 3.00. The van der Waals surface area contributed by atoms with Gasteiger partial charge in [0.1, 0.15) is 0 Å². The van der Waals surface area contributed by atoms with Crippen molar-refractivity contribution in [2.24, 2.45) is 11.7 Å².